The Morgan fingerprint density at radius 3 is 2.29 bits per heavy atom. The fourth-order valence-corrected chi connectivity index (χ4v) is 3.52. The third-order valence-electron chi connectivity index (χ3n) is 4.13. The molecule has 0 spiro atoms. The lowest BCUT2D eigenvalue weighted by molar-refractivity contribution is 0.0982. The smallest absolute Gasteiger partial charge is 0.257 e. The molecule has 1 amide bonds. The fraction of sp³-hybridized carbons (Fsp3) is 0. The van der Waals surface area contributed by atoms with Crippen molar-refractivity contribution in [3.05, 3.63) is 87.5 Å². The number of allylic oxidation sites excluding steroid dienone is 2. The first kappa shape index (κ1) is 18.1. The third-order valence-corrected chi connectivity index (χ3v) is 5.18. The molecule has 0 atom stereocenters. The van der Waals surface area contributed by atoms with E-state index in [0.717, 1.165) is 0 Å². The molecule has 1 aromatic heterocycles. The molecule has 0 saturated carbocycles. The van der Waals surface area contributed by atoms with Crippen LogP contribution >= 0.6 is 22.9 Å². The van der Waals surface area contributed by atoms with E-state index in [1.165, 1.54) is 11.3 Å². The molecule has 0 bridgehead atoms. The number of fused-ring (bicyclic) bond motifs is 1. The highest BCUT2D eigenvalue weighted by molar-refractivity contribution is 7.13. The lowest BCUT2D eigenvalue weighted by Gasteiger charge is -2.19. The summed E-state index contributed by atoms with van der Waals surface area (Å²) in [6, 6.07) is 13.0. The predicted octanol–water partition coefficient (Wildman–Crippen LogP) is 4.34. The number of thiazole rings is 1. The van der Waals surface area contributed by atoms with Crippen LogP contribution in [0.15, 0.2) is 70.8 Å². The van der Waals surface area contributed by atoms with Crippen molar-refractivity contribution in [3.63, 3.8) is 0 Å². The van der Waals surface area contributed by atoms with Crippen molar-refractivity contribution in [2.24, 2.45) is 0 Å². The van der Waals surface area contributed by atoms with Crippen molar-refractivity contribution in [2.45, 2.75) is 0 Å². The Labute approximate surface area is 168 Å². The second-order valence-corrected chi connectivity index (χ2v) is 7.16. The van der Waals surface area contributed by atoms with Gasteiger partial charge >= 0.3 is 0 Å². The first-order valence-corrected chi connectivity index (χ1v) is 9.46. The van der Waals surface area contributed by atoms with Gasteiger partial charge in [-0.1, -0.05) is 35.9 Å². The van der Waals surface area contributed by atoms with E-state index in [4.69, 9.17) is 11.6 Å². The van der Waals surface area contributed by atoms with Crippen molar-refractivity contribution in [1.29, 1.82) is 0 Å². The largest absolute Gasteiger partial charge is 0.351 e. The summed E-state index contributed by atoms with van der Waals surface area (Å²) >= 11 is 7.47. The van der Waals surface area contributed by atoms with Crippen LogP contribution in [0.4, 0.5) is 10.8 Å². The number of aromatic nitrogens is 1. The lowest BCUT2D eigenvalue weighted by Crippen LogP contribution is -2.24. The molecule has 0 radical (unpaired) electrons. The van der Waals surface area contributed by atoms with E-state index in [1.54, 1.807) is 60.1 Å². The number of hydrogen-bond donors (Lipinski definition) is 2. The number of halogens is 1. The maximum absolute atomic E-state index is 12.7. The van der Waals surface area contributed by atoms with Crippen LogP contribution in [0.2, 0.25) is 0 Å². The number of hydrogen-bond acceptors (Lipinski definition) is 6. The summed E-state index contributed by atoms with van der Waals surface area (Å²) in [5, 5.41) is 7.70. The maximum Gasteiger partial charge on any atom is 0.257 e. The Kier molecular flexibility index (Phi) is 4.77. The standard InChI is InChI=1S/C20H12ClN3O3S/c21-15-16(18(26)14-4-2-1-3-13(14)17(15)25)23-12-7-5-11(6-8-12)19(27)24-20-22-9-10-28-20/h1-10,23H,(H,22,24,27). The van der Waals surface area contributed by atoms with E-state index < -0.39 is 5.78 Å². The van der Waals surface area contributed by atoms with Gasteiger partial charge in [0, 0.05) is 34.0 Å². The quantitative estimate of drug-likeness (QED) is 0.669. The highest BCUT2D eigenvalue weighted by Gasteiger charge is 2.31. The Hall–Kier alpha value is -3.29. The summed E-state index contributed by atoms with van der Waals surface area (Å²) in [6.45, 7) is 0. The highest BCUT2D eigenvalue weighted by Crippen LogP contribution is 2.29. The third kappa shape index (κ3) is 3.33. The second-order valence-electron chi connectivity index (χ2n) is 5.89. The van der Waals surface area contributed by atoms with Gasteiger partial charge in [-0.25, -0.2) is 4.98 Å². The minimum absolute atomic E-state index is 0.0188. The van der Waals surface area contributed by atoms with Crippen molar-refractivity contribution in [3.8, 4) is 0 Å². The number of amides is 1. The normalized spacial score (nSPS) is 13.3. The monoisotopic (exact) mass is 409 g/mol. The molecule has 0 saturated heterocycles. The summed E-state index contributed by atoms with van der Waals surface area (Å²) in [5.41, 5.74) is 1.57. The number of benzene rings is 2. The average molecular weight is 410 g/mol. The van der Waals surface area contributed by atoms with Gasteiger partial charge in [-0.15, -0.1) is 11.3 Å². The molecule has 3 aromatic rings. The van der Waals surface area contributed by atoms with Crippen molar-refractivity contribution in [2.75, 3.05) is 10.6 Å². The van der Waals surface area contributed by atoms with Crippen LogP contribution in [0.5, 0.6) is 0 Å². The lowest BCUT2D eigenvalue weighted by atomic mass is 9.92. The van der Waals surface area contributed by atoms with Crippen molar-refractivity contribution >= 4 is 51.2 Å². The van der Waals surface area contributed by atoms with Gasteiger partial charge in [-0.05, 0) is 24.3 Å². The van der Waals surface area contributed by atoms with Gasteiger partial charge in [-0.3, -0.25) is 19.7 Å². The van der Waals surface area contributed by atoms with E-state index in [1.807, 2.05) is 0 Å². The van der Waals surface area contributed by atoms with Gasteiger partial charge in [0.2, 0.25) is 11.6 Å². The van der Waals surface area contributed by atoms with Crippen LogP contribution in [-0.2, 0) is 0 Å². The van der Waals surface area contributed by atoms with Crippen molar-refractivity contribution in [1.82, 2.24) is 4.98 Å². The molecule has 2 aromatic carbocycles. The average Bonchev–Trinajstić information content (AvgIpc) is 3.23. The van der Waals surface area contributed by atoms with Gasteiger partial charge in [0.05, 0.1) is 0 Å². The van der Waals surface area contributed by atoms with Crippen LogP contribution in [0, 0.1) is 0 Å². The summed E-state index contributed by atoms with van der Waals surface area (Å²) < 4.78 is 0. The van der Waals surface area contributed by atoms with E-state index >= 15 is 0 Å². The second kappa shape index (κ2) is 7.38. The summed E-state index contributed by atoms with van der Waals surface area (Å²) in [7, 11) is 0. The summed E-state index contributed by atoms with van der Waals surface area (Å²) in [4.78, 5) is 41.3. The number of nitrogens with one attached hydrogen (secondary N) is 2. The molecule has 1 aliphatic rings. The van der Waals surface area contributed by atoms with E-state index in [-0.39, 0.29) is 28.0 Å². The molecule has 1 aliphatic carbocycles. The first-order chi connectivity index (χ1) is 13.5. The number of carbonyl (C=O) groups excluding carboxylic acids is 3. The predicted molar refractivity (Wildman–Crippen MR) is 108 cm³/mol. The molecule has 8 heteroatoms. The zero-order valence-electron chi connectivity index (χ0n) is 14.2. The Bertz CT molecular complexity index is 1120. The van der Waals surface area contributed by atoms with Crippen molar-refractivity contribution < 1.29 is 14.4 Å². The number of carbonyl (C=O) groups is 3. The van der Waals surface area contributed by atoms with Gasteiger partial charge in [-0.2, -0.15) is 0 Å². The first-order valence-electron chi connectivity index (χ1n) is 8.21. The van der Waals surface area contributed by atoms with Crippen LogP contribution in [0.3, 0.4) is 0 Å². The number of ketones is 2. The zero-order valence-corrected chi connectivity index (χ0v) is 15.8. The van der Waals surface area contributed by atoms with Gasteiger partial charge in [0.25, 0.3) is 5.91 Å². The fourth-order valence-electron chi connectivity index (χ4n) is 2.76. The van der Waals surface area contributed by atoms with Gasteiger partial charge in [0.1, 0.15) is 10.7 Å². The molecule has 0 unspecified atom stereocenters. The minimum atomic E-state index is -0.404. The Morgan fingerprint density at radius 2 is 1.64 bits per heavy atom. The van der Waals surface area contributed by atoms with Crippen LogP contribution < -0.4 is 10.6 Å². The molecule has 2 N–H and O–H groups in total. The molecule has 0 fully saturated rings. The van der Waals surface area contributed by atoms with Crippen LogP contribution in [-0.4, -0.2) is 22.5 Å². The zero-order chi connectivity index (χ0) is 19.7. The summed E-state index contributed by atoms with van der Waals surface area (Å²) in [5.74, 6) is -1.05. The Morgan fingerprint density at radius 1 is 0.964 bits per heavy atom. The van der Waals surface area contributed by atoms with E-state index in [2.05, 4.69) is 15.6 Å². The molecule has 0 aliphatic heterocycles. The molecule has 138 valence electrons. The summed E-state index contributed by atoms with van der Waals surface area (Å²) in [6.07, 6.45) is 1.60. The molecular weight excluding hydrogens is 398 g/mol. The highest BCUT2D eigenvalue weighted by atomic mass is 35.5. The number of rotatable bonds is 4. The molecule has 4 rings (SSSR count). The van der Waals surface area contributed by atoms with E-state index in [0.29, 0.717) is 21.9 Å². The number of nitrogens with zero attached hydrogens (tertiary/aromatic N) is 1. The number of Topliss-reactive ketones (excluding diaryl/α,β-unsaturated/α-hetero) is 2. The SMILES string of the molecule is O=C(Nc1nccs1)c1ccc(NC2=C(Cl)C(=O)c3ccccc3C2=O)cc1. The molecule has 6 nitrogen and oxygen atoms in total. The topological polar surface area (TPSA) is 88.2 Å². The minimum Gasteiger partial charge on any atom is -0.351 e. The maximum atomic E-state index is 12.7. The van der Waals surface area contributed by atoms with E-state index in [9.17, 15) is 14.4 Å². The van der Waals surface area contributed by atoms with Crippen LogP contribution in [0.25, 0.3) is 0 Å². The van der Waals surface area contributed by atoms with Crippen LogP contribution in [0.1, 0.15) is 31.1 Å². The molecular formula is C20H12ClN3O3S. The van der Waals surface area contributed by atoms with Gasteiger partial charge < -0.3 is 5.32 Å². The van der Waals surface area contributed by atoms with Gasteiger partial charge in [0.15, 0.2) is 5.13 Å². The molecule has 28 heavy (non-hydrogen) atoms. The number of anilines is 2. The molecule has 1 heterocycles. The Balaban J connectivity index is 1.54.